The number of carboxylic acid groups (broad SMARTS) is 1. The number of carboxylic acids is 1. The summed E-state index contributed by atoms with van der Waals surface area (Å²) in [5.74, 6) is -1.27. The van der Waals surface area contributed by atoms with Gasteiger partial charge in [0.25, 0.3) is 30.4 Å². The molecular weight excluding hydrogens is 476 g/mol. The maximum atomic E-state index is 12.1. The molecule has 14 heteroatoms. The van der Waals surface area contributed by atoms with Gasteiger partial charge < -0.3 is 5.11 Å². The summed E-state index contributed by atoms with van der Waals surface area (Å²) in [6.07, 6.45) is 2.16. The van der Waals surface area contributed by atoms with Crippen molar-refractivity contribution in [1.82, 2.24) is 0 Å². The summed E-state index contributed by atoms with van der Waals surface area (Å²) in [6.45, 7) is 3.55. The Morgan fingerprint density at radius 2 is 1.03 bits per heavy atom. The first-order chi connectivity index (χ1) is 13.7. The van der Waals surface area contributed by atoms with Gasteiger partial charge in [-0.25, -0.2) is 4.79 Å². The second-order valence-electron chi connectivity index (χ2n) is 9.56. The highest BCUT2D eigenvalue weighted by Crippen LogP contribution is 2.69. The lowest BCUT2D eigenvalue weighted by Crippen LogP contribution is -2.71. The summed E-state index contributed by atoms with van der Waals surface area (Å²) >= 11 is 0. The fourth-order valence-electron chi connectivity index (χ4n) is 6.51. The molecule has 0 aliphatic heterocycles. The van der Waals surface area contributed by atoms with Crippen molar-refractivity contribution >= 4 is 36.3 Å². The molecule has 0 amide bonds. The van der Waals surface area contributed by atoms with E-state index >= 15 is 0 Å². The van der Waals surface area contributed by atoms with Gasteiger partial charge in [0, 0.05) is 24.8 Å². The van der Waals surface area contributed by atoms with Gasteiger partial charge in [-0.1, -0.05) is 6.58 Å². The van der Waals surface area contributed by atoms with Crippen LogP contribution in [0.15, 0.2) is 12.2 Å². The van der Waals surface area contributed by atoms with Crippen LogP contribution < -0.4 is 0 Å². The van der Waals surface area contributed by atoms with Gasteiger partial charge in [0.05, 0.1) is 35.6 Å². The largest absolute Gasteiger partial charge is 0.478 e. The third-order valence-electron chi connectivity index (χ3n) is 5.90. The van der Waals surface area contributed by atoms with E-state index in [1.807, 2.05) is 0 Å². The van der Waals surface area contributed by atoms with Crippen LogP contribution in [0.3, 0.4) is 0 Å². The highest BCUT2D eigenvalue weighted by molar-refractivity contribution is 7.86. The molecule has 4 fully saturated rings. The Kier molecular flexibility index (Phi) is 5.53. The van der Waals surface area contributed by atoms with Crippen LogP contribution in [0.4, 0.5) is 0 Å². The van der Waals surface area contributed by atoms with Crippen LogP contribution in [0.5, 0.6) is 0 Å². The van der Waals surface area contributed by atoms with Crippen molar-refractivity contribution in [2.75, 3.05) is 18.8 Å². The van der Waals surface area contributed by atoms with Gasteiger partial charge in [-0.15, -0.1) is 0 Å². The van der Waals surface area contributed by atoms with E-state index in [-0.39, 0.29) is 50.5 Å². The van der Waals surface area contributed by atoms with Gasteiger partial charge in [-0.3, -0.25) is 12.5 Å². The summed E-state index contributed by atoms with van der Waals surface area (Å²) < 4.78 is 88.8. The number of carbonyl (C=O) groups is 1. The molecule has 4 aliphatic rings. The molecule has 0 saturated heterocycles. The van der Waals surface area contributed by atoms with Crippen LogP contribution in [0.1, 0.15) is 44.9 Å². The minimum atomic E-state index is -4.05. The predicted molar refractivity (Wildman–Crippen MR) is 108 cm³/mol. The smallest absolute Gasteiger partial charge is 0.330 e. The van der Waals surface area contributed by atoms with Crippen molar-refractivity contribution in [3.8, 4) is 0 Å². The molecule has 4 aliphatic carbocycles. The van der Waals surface area contributed by atoms with Gasteiger partial charge >= 0.3 is 5.97 Å². The molecule has 0 aromatic rings. The Hall–Kier alpha value is -1.06. The summed E-state index contributed by atoms with van der Waals surface area (Å²) in [6, 6.07) is 0. The van der Waals surface area contributed by atoms with Crippen molar-refractivity contribution in [1.29, 1.82) is 0 Å². The fraction of sp³-hybridized carbons (Fsp3) is 0.824. The maximum absolute atomic E-state index is 12.1. The predicted octanol–water partition coefficient (Wildman–Crippen LogP) is 0.530. The molecular formula is C17H26O11S3. The van der Waals surface area contributed by atoms with E-state index in [4.69, 9.17) is 12.5 Å². The van der Waals surface area contributed by atoms with Gasteiger partial charge in [0.1, 0.15) is 0 Å². The molecule has 0 radical (unpaired) electrons. The quantitative estimate of drug-likeness (QED) is 0.345. The molecule has 4 saturated carbocycles. The van der Waals surface area contributed by atoms with E-state index in [1.54, 1.807) is 0 Å². The van der Waals surface area contributed by atoms with E-state index < -0.39 is 58.5 Å². The topological polar surface area (TPSA) is 167 Å². The number of hydrogen-bond donors (Lipinski definition) is 1. The second kappa shape index (κ2) is 6.97. The SMILES string of the molecule is C=C(CC12CC3(OS(C)(=O)=O)CC(OS(C)(=O)=O)(C1)CC(OS(C)(=O)=O)(C2)C3)C(=O)O. The lowest BCUT2D eigenvalue weighted by molar-refractivity contribution is -0.254. The monoisotopic (exact) mass is 502 g/mol. The highest BCUT2D eigenvalue weighted by atomic mass is 32.2. The molecule has 4 bridgehead atoms. The van der Waals surface area contributed by atoms with Gasteiger partial charge in [0.15, 0.2) is 0 Å². The third kappa shape index (κ3) is 5.47. The third-order valence-corrected chi connectivity index (χ3v) is 7.87. The average Bonchev–Trinajstić information content (AvgIpc) is 2.35. The minimum absolute atomic E-state index is 0.0586. The van der Waals surface area contributed by atoms with E-state index in [0.717, 1.165) is 18.8 Å². The van der Waals surface area contributed by atoms with Crippen molar-refractivity contribution < 1.29 is 47.7 Å². The zero-order valence-electron chi connectivity index (χ0n) is 17.4. The van der Waals surface area contributed by atoms with Gasteiger partial charge in [-0.2, -0.15) is 25.3 Å². The Bertz CT molecular complexity index is 1000. The summed E-state index contributed by atoms with van der Waals surface area (Å²) in [5.41, 5.74) is -5.78. The number of hydrogen-bond acceptors (Lipinski definition) is 10. The van der Waals surface area contributed by atoms with Crippen LogP contribution in [0.2, 0.25) is 0 Å². The van der Waals surface area contributed by atoms with Crippen LogP contribution in [0, 0.1) is 5.41 Å². The fourth-order valence-corrected chi connectivity index (χ4v) is 8.96. The summed E-state index contributed by atoms with van der Waals surface area (Å²) in [4.78, 5) is 11.5. The first-order valence-electron chi connectivity index (χ1n) is 9.32. The van der Waals surface area contributed by atoms with Crippen molar-refractivity contribution in [3.05, 3.63) is 12.2 Å². The highest BCUT2D eigenvalue weighted by Gasteiger charge is 2.72. The molecule has 178 valence electrons. The second-order valence-corrected chi connectivity index (χ2v) is 14.3. The maximum Gasteiger partial charge on any atom is 0.330 e. The molecule has 0 aromatic heterocycles. The Morgan fingerprint density at radius 3 is 1.26 bits per heavy atom. The first-order valence-corrected chi connectivity index (χ1v) is 14.8. The molecule has 0 aromatic carbocycles. The van der Waals surface area contributed by atoms with Gasteiger partial charge in [-0.05, 0) is 31.1 Å². The Balaban J connectivity index is 2.20. The standard InChI is InChI=1S/C17H26O11S3/c1-12(13(18)19)5-14-6-15(26-29(2,20)21)9-16(7-14,27-30(3,22)23)11-17(8-14,10-15)28-31(4,24)25/h1,5-11H2,2-4H3,(H,18,19). The van der Waals surface area contributed by atoms with E-state index in [2.05, 4.69) is 6.58 Å². The average molecular weight is 503 g/mol. The molecule has 0 atom stereocenters. The van der Waals surface area contributed by atoms with E-state index in [1.165, 1.54) is 0 Å². The molecule has 0 spiro atoms. The van der Waals surface area contributed by atoms with E-state index in [0.29, 0.717) is 0 Å². The number of rotatable bonds is 9. The molecule has 31 heavy (non-hydrogen) atoms. The lowest BCUT2D eigenvalue weighted by atomic mass is 9.43. The molecule has 11 nitrogen and oxygen atoms in total. The van der Waals surface area contributed by atoms with Crippen LogP contribution >= 0.6 is 0 Å². The zero-order chi connectivity index (χ0) is 23.7. The minimum Gasteiger partial charge on any atom is -0.478 e. The summed E-state index contributed by atoms with van der Waals surface area (Å²) in [5, 5.41) is 9.35. The molecule has 1 N–H and O–H groups in total. The molecule has 0 heterocycles. The van der Waals surface area contributed by atoms with Crippen molar-refractivity contribution in [3.63, 3.8) is 0 Å². The van der Waals surface area contributed by atoms with Crippen molar-refractivity contribution in [2.45, 2.75) is 61.7 Å². The van der Waals surface area contributed by atoms with E-state index in [9.17, 15) is 35.2 Å². The van der Waals surface area contributed by atoms with Gasteiger partial charge in [0.2, 0.25) is 0 Å². The van der Waals surface area contributed by atoms with Crippen molar-refractivity contribution in [2.24, 2.45) is 5.41 Å². The Labute approximate surface area is 182 Å². The number of aliphatic carboxylic acids is 1. The first kappa shape index (κ1) is 24.6. The zero-order valence-corrected chi connectivity index (χ0v) is 19.9. The molecule has 0 unspecified atom stereocenters. The van der Waals surface area contributed by atoms with Crippen LogP contribution in [-0.4, -0.2) is 71.9 Å². The Morgan fingerprint density at radius 1 is 0.742 bits per heavy atom. The lowest BCUT2D eigenvalue weighted by Gasteiger charge is -2.67. The summed E-state index contributed by atoms with van der Waals surface area (Å²) in [7, 11) is -12.1. The normalized spacial score (nSPS) is 37.6. The molecule has 4 rings (SSSR count). The van der Waals surface area contributed by atoms with Crippen LogP contribution in [-0.2, 0) is 47.7 Å². The van der Waals surface area contributed by atoms with Crippen LogP contribution in [0.25, 0.3) is 0 Å².